The third-order valence-corrected chi connectivity index (χ3v) is 3.10. The molecule has 1 atom stereocenters. The molecule has 0 saturated carbocycles. The van der Waals surface area contributed by atoms with Crippen LogP contribution in [0.3, 0.4) is 0 Å². The zero-order chi connectivity index (χ0) is 15.4. The van der Waals surface area contributed by atoms with Crippen molar-refractivity contribution in [1.82, 2.24) is 9.88 Å². The summed E-state index contributed by atoms with van der Waals surface area (Å²) in [6, 6.07) is 1.86. The van der Waals surface area contributed by atoms with E-state index in [9.17, 15) is 14.9 Å². The Morgan fingerprint density at radius 1 is 1.52 bits per heavy atom. The van der Waals surface area contributed by atoms with Gasteiger partial charge in [0, 0.05) is 13.1 Å². The van der Waals surface area contributed by atoms with Crippen molar-refractivity contribution in [2.24, 2.45) is 0 Å². The van der Waals surface area contributed by atoms with Crippen LogP contribution in [0.2, 0.25) is 0 Å². The van der Waals surface area contributed by atoms with Crippen LogP contribution < -0.4 is 11.1 Å². The number of ether oxygens (including phenoxy) is 1. The zero-order valence-electron chi connectivity index (χ0n) is 11.6. The molecular weight excluding hydrogens is 278 g/mol. The highest BCUT2D eigenvalue weighted by molar-refractivity contribution is 5.84. The van der Waals surface area contributed by atoms with Crippen molar-refractivity contribution in [3.8, 4) is 0 Å². The van der Waals surface area contributed by atoms with Crippen molar-refractivity contribution in [2.75, 3.05) is 37.4 Å². The van der Waals surface area contributed by atoms with Gasteiger partial charge < -0.3 is 20.7 Å². The van der Waals surface area contributed by atoms with Gasteiger partial charge in [-0.15, -0.1) is 0 Å². The Morgan fingerprint density at radius 2 is 2.19 bits per heavy atom. The number of carbonyl (C=O) groups is 1. The van der Waals surface area contributed by atoms with Crippen LogP contribution in [0.5, 0.6) is 0 Å². The van der Waals surface area contributed by atoms with Crippen molar-refractivity contribution in [3.05, 3.63) is 22.2 Å². The number of aromatic nitrogens is 1. The molecule has 21 heavy (non-hydrogen) atoms. The summed E-state index contributed by atoms with van der Waals surface area (Å²) in [6.07, 6.45) is 0. The van der Waals surface area contributed by atoms with E-state index in [4.69, 9.17) is 10.5 Å². The van der Waals surface area contributed by atoms with Crippen LogP contribution in [-0.4, -0.2) is 53.1 Å². The number of rotatable bonds is 4. The molecule has 1 aromatic heterocycles. The highest BCUT2D eigenvalue weighted by atomic mass is 16.6. The average molecular weight is 295 g/mol. The number of nitrogens with zero attached hydrogens (tertiary/aromatic N) is 3. The molecule has 1 aliphatic rings. The van der Waals surface area contributed by atoms with E-state index in [0.717, 1.165) is 0 Å². The van der Waals surface area contributed by atoms with Gasteiger partial charge in [0.15, 0.2) is 0 Å². The first-order valence-corrected chi connectivity index (χ1v) is 6.52. The molecule has 0 bridgehead atoms. The van der Waals surface area contributed by atoms with Crippen LogP contribution in [0.1, 0.15) is 6.92 Å². The SMILES string of the molecule is CC(Nc1cc([N+](=O)[O-])cc(N)n1)C(=O)N1CCOCC1. The summed E-state index contributed by atoms with van der Waals surface area (Å²) >= 11 is 0. The van der Waals surface area contributed by atoms with Crippen molar-refractivity contribution < 1.29 is 14.5 Å². The van der Waals surface area contributed by atoms with Crippen LogP contribution in [0.4, 0.5) is 17.3 Å². The van der Waals surface area contributed by atoms with E-state index in [1.54, 1.807) is 11.8 Å². The van der Waals surface area contributed by atoms with E-state index >= 15 is 0 Å². The summed E-state index contributed by atoms with van der Waals surface area (Å²) in [7, 11) is 0. The van der Waals surface area contributed by atoms with Gasteiger partial charge in [0.25, 0.3) is 5.69 Å². The minimum absolute atomic E-state index is 0.0257. The lowest BCUT2D eigenvalue weighted by molar-refractivity contribution is -0.384. The van der Waals surface area contributed by atoms with Crippen LogP contribution in [0.25, 0.3) is 0 Å². The molecule has 1 amide bonds. The molecule has 1 aliphatic heterocycles. The normalized spacial score (nSPS) is 16.3. The van der Waals surface area contributed by atoms with Gasteiger partial charge in [-0.3, -0.25) is 14.9 Å². The van der Waals surface area contributed by atoms with Crippen molar-refractivity contribution in [3.63, 3.8) is 0 Å². The summed E-state index contributed by atoms with van der Waals surface area (Å²) in [4.78, 5) is 28.1. The number of nitro groups is 1. The Kier molecular flexibility index (Phi) is 4.53. The molecule has 1 fully saturated rings. The van der Waals surface area contributed by atoms with Gasteiger partial charge in [0.1, 0.15) is 17.7 Å². The minimum Gasteiger partial charge on any atom is -0.383 e. The molecule has 1 aromatic rings. The fourth-order valence-corrected chi connectivity index (χ4v) is 2.06. The van der Waals surface area contributed by atoms with Gasteiger partial charge in [-0.25, -0.2) is 4.98 Å². The predicted octanol–water partition coefficient (Wildman–Crippen LogP) is 0.231. The second kappa shape index (κ2) is 6.35. The van der Waals surface area contributed by atoms with Gasteiger partial charge >= 0.3 is 0 Å². The Bertz CT molecular complexity index is 544. The molecule has 9 nitrogen and oxygen atoms in total. The third kappa shape index (κ3) is 3.78. The fourth-order valence-electron chi connectivity index (χ4n) is 2.06. The van der Waals surface area contributed by atoms with Gasteiger partial charge in [-0.05, 0) is 6.92 Å². The Hall–Kier alpha value is -2.42. The smallest absolute Gasteiger partial charge is 0.276 e. The maximum Gasteiger partial charge on any atom is 0.276 e. The number of nitrogens with one attached hydrogen (secondary N) is 1. The first-order chi connectivity index (χ1) is 9.97. The van der Waals surface area contributed by atoms with E-state index in [0.29, 0.717) is 26.3 Å². The number of hydrogen-bond donors (Lipinski definition) is 2. The Balaban J connectivity index is 2.06. The molecule has 0 spiro atoms. The number of nitrogens with two attached hydrogens (primary N) is 1. The number of hydrogen-bond acceptors (Lipinski definition) is 7. The Morgan fingerprint density at radius 3 is 2.81 bits per heavy atom. The van der Waals surface area contributed by atoms with Gasteiger partial charge in [0.2, 0.25) is 5.91 Å². The summed E-state index contributed by atoms with van der Waals surface area (Å²) in [5, 5.41) is 13.6. The molecular formula is C12H17N5O4. The van der Waals surface area contributed by atoms with Crippen LogP contribution in [-0.2, 0) is 9.53 Å². The molecule has 1 unspecified atom stereocenters. The van der Waals surface area contributed by atoms with Crippen molar-refractivity contribution in [2.45, 2.75) is 13.0 Å². The number of pyridine rings is 1. The standard InChI is InChI=1S/C12H17N5O4/c1-8(12(18)16-2-4-21-5-3-16)14-11-7-9(17(19)20)6-10(13)15-11/h6-8H,2-5H2,1H3,(H3,13,14,15). The highest BCUT2D eigenvalue weighted by Gasteiger charge is 2.23. The van der Waals surface area contributed by atoms with Crippen molar-refractivity contribution >= 4 is 23.2 Å². The van der Waals surface area contributed by atoms with E-state index in [2.05, 4.69) is 10.3 Å². The fraction of sp³-hybridized carbons (Fsp3) is 0.500. The summed E-state index contributed by atoms with van der Waals surface area (Å²) in [5.74, 6) is 0.124. The molecule has 9 heteroatoms. The second-order valence-corrected chi connectivity index (χ2v) is 4.70. The molecule has 114 valence electrons. The lowest BCUT2D eigenvalue weighted by Gasteiger charge is -2.29. The average Bonchev–Trinajstić information content (AvgIpc) is 2.46. The zero-order valence-corrected chi connectivity index (χ0v) is 11.6. The van der Waals surface area contributed by atoms with Gasteiger partial charge in [-0.2, -0.15) is 0 Å². The molecule has 2 rings (SSSR count). The maximum absolute atomic E-state index is 12.2. The van der Waals surface area contributed by atoms with Crippen molar-refractivity contribution in [1.29, 1.82) is 0 Å². The molecule has 0 aliphatic carbocycles. The van der Waals surface area contributed by atoms with Gasteiger partial charge in [0.05, 0.1) is 30.3 Å². The third-order valence-electron chi connectivity index (χ3n) is 3.10. The minimum atomic E-state index is -0.558. The van der Waals surface area contributed by atoms with E-state index in [1.807, 2.05) is 0 Å². The first-order valence-electron chi connectivity index (χ1n) is 6.52. The number of anilines is 2. The van der Waals surface area contributed by atoms with E-state index < -0.39 is 11.0 Å². The number of carbonyl (C=O) groups excluding carboxylic acids is 1. The summed E-state index contributed by atoms with van der Waals surface area (Å²) < 4.78 is 5.19. The topological polar surface area (TPSA) is 124 Å². The molecule has 0 radical (unpaired) electrons. The predicted molar refractivity (Wildman–Crippen MR) is 75.8 cm³/mol. The molecule has 2 heterocycles. The number of morpholine rings is 1. The largest absolute Gasteiger partial charge is 0.383 e. The van der Waals surface area contributed by atoms with E-state index in [-0.39, 0.29) is 23.2 Å². The monoisotopic (exact) mass is 295 g/mol. The summed E-state index contributed by atoms with van der Waals surface area (Å²) in [6.45, 7) is 3.78. The second-order valence-electron chi connectivity index (χ2n) is 4.70. The first kappa shape index (κ1) is 15.0. The summed E-state index contributed by atoms with van der Waals surface area (Å²) in [5.41, 5.74) is 5.35. The maximum atomic E-state index is 12.2. The van der Waals surface area contributed by atoms with Crippen LogP contribution in [0.15, 0.2) is 12.1 Å². The number of amides is 1. The number of nitrogen functional groups attached to an aromatic ring is 1. The molecule has 3 N–H and O–H groups in total. The molecule has 1 saturated heterocycles. The lowest BCUT2D eigenvalue weighted by Crippen LogP contribution is -2.47. The Labute approximate surface area is 121 Å². The quantitative estimate of drug-likeness (QED) is 0.602. The molecule has 0 aromatic carbocycles. The highest BCUT2D eigenvalue weighted by Crippen LogP contribution is 2.19. The van der Waals surface area contributed by atoms with Crippen LogP contribution >= 0.6 is 0 Å². The van der Waals surface area contributed by atoms with Gasteiger partial charge in [-0.1, -0.05) is 0 Å². The van der Waals surface area contributed by atoms with Crippen LogP contribution in [0, 0.1) is 10.1 Å². The van der Waals surface area contributed by atoms with E-state index in [1.165, 1.54) is 12.1 Å². The lowest BCUT2D eigenvalue weighted by atomic mass is 10.2.